The van der Waals surface area contributed by atoms with Gasteiger partial charge in [-0.3, -0.25) is 9.59 Å². The summed E-state index contributed by atoms with van der Waals surface area (Å²) in [7, 11) is 0. The van der Waals surface area contributed by atoms with Crippen LogP contribution in [0, 0.1) is 11.8 Å². The number of alkyl halides is 1. The third-order valence-electron chi connectivity index (χ3n) is 3.97. The molecule has 0 N–H and O–H groups in total. The van der Waals surface area contributed by atoms with Gasteiger partial charge in [-0.25, -0.2) is 4.39 Å². The van der Waals surface area contributed by atoms with Gasteiger partial charge < -0.3 is 4.74 Å². The second-order valence-electron chi connectivity index (χ2n) is 5.07. The largest absolute Gasteiger partial charge is 0.393 e. The molecule has 0 bridgehead atoms. The van der Waals surface area contributed by atoms with Crippen molar-refractivity contribution in [3.63, 3.8) is 0 Å². The average Bonchev–Trinajstić information content (AvgIpc) is 2.67. The second-order valence-corrected chi connectivity index (χ2v) is 5.07. The predicted octanol–water partition coefficient (Wildman–Crippen LogP) is 2.38. The number of hydrogen-bond donors (Lipinski definition) is 0. The lowest BCUT2D eigenvalue weighted by molar-refractivity contribution is -0.153. The molecule has 2 aliphatic rings. The van der Waals surface area contributed by atoms with E-state index in [4.69, 9.17) is 0 Å². The van der Waals surface area contributed by atoms with Gasteiger partial charge in [0.1, 0.15) is 6.17 Å². The summed E-state index contributed by atoms with van der Waals surface area (Å²) in [6.07, 6.45) is -1.12. The van der Waals surface area contributed by atoms with Crippen LogP contribution in [-0.2, 0) is 14.3 Å². The van der Waals surface area contributed by atoms with Gasteiger partial charge in [-0.1, -0.05) is 36.9 Å². The lowest BCUT2D eigenvalue weighted by atomic mass is 9.68. The zero-order chi connectivity index (χ0) is 13.6. The molecule has 4 atom stereocenters. The Hall–Kier alpha value is -1.97. The van der Waals surface area contributed by atoms with E-state index in [9.17, 15) is 14.0 Å². The molecule has 4 unspecified atom stereocenters. The predicted molar refractivity (Wildman–Crippen MR) is 65.9 cm³/mol. The van der Waals surface area contributed by atoms with Crippen LogP contribution >= 0.6 is 0 Å². The molecule has 0 radical (unpaired) electrons. The summed E-state index contributed by atoms with van der Waals surface area (Å²) in [5, 5.41) is 0. The van der Waals surface area contributed by atoms with Gasteiger partial charge in [0.2, 0.25) is 0 Å². The van der Waals surface area contributed by atoms with Crippen LogP contribution in [0.5, 0.6) is 0 Å². The lowest BCUT2D eigenvalue weighted by Gasteiger charge is -2.34. The van der Waals surface area contributed by atoms with Gasteiger partial charge in [0, 0.05) is 5.92 Å². The molecule has 19 heavy (non-hydrogen) atoms. The molecule has 1 aromatic rings. The van der Waals surface area contributed by atoms with Crippen molar-refractivity contribution < 1.29 is 18.7 Å². The van der Waals surface area contributed by atoms with Crippen molar-refractivity contribution in [3.8, 4) is 0 Å². The van der Waals surface area contributed by atoms with Crippen molar-refractivity contribution in [1.82, 2.24) is 0 Å². The molecule has 4 heteroatoms. The first-order valence-corrected chi connectivity index (χ1v) is 6.22. The molecule has 1 heterocycles. The van der Waals surface area contributed by atoms with Gasteiger partial charge in [-0.2, -0.15) is 0 Å². The third kappa shape index (κ3) is 1.79. The smallest absolute Gasteiger partial charge is 0.318 e. The monoisotopic (exact) mass is 260 g/mol. The van der Waals surface area contributed by atoms with Gasteiger partial charge in [-0.05, 0) is 17.6 Å². The van der Waals surface area contributed by atoms with E-state index in [0.717, 1.165) is 0 Å². The van der Waals surface area contributed by atoms with Crippen LogP contribution < -0.4 is 0 Å². The fourth-order valence-electron chi connectivity index (χ4n) is 3.04. The molecule has 3 rings (SSSR count). The first-order chi connectivity index (χ1) is 9.09. The summed E-state index contributed by atoms with van der Waals surface area (Å²) in [6, 6.07) is 8.93. The Morgan fingerprint density at radius 2 is 1.79 bits per heavy atom. The number of esters is 2. The summed E-state index contributed by atoms with van der Waals surface area (Å²) < 4.78 is 19.1. The number of cyclic esters (lactones) is 2. The highest BCUT2D eigenvalue weighted by Crippen LogP contribution is 2.48. The van der Waals surface area contributed by atoms with E-state index in [1.54, 1.807) is 24.3 Å². The van der Waals surface area contributed by atoms with Crippen molar-refractivity contribution >= 4 is 11.9 Å². The average molecular weight is 260 g/mol. The molecule has 1 aromatic carbocycles. The summed E-state index contributed by atoms with van der Waals surface area (Å²) in [4.78, 5) is 23.5. The van der Waals surface area contributed by atoms with E-state index in [-0.39, 0.29) is 6.42 Å². The van der Waals surface area contributed by atoms with Crippen LogP contribution in [0.2, 0.25) is 0 Å². The molecule has 0 spiro atoms. The lowest BCUT2D eigenvalue weighted by Crippen LogP contribution is -2.37. The van der Waals surface area contributed by atoms with Crippen LogP contribution in [0.15, 0.2) is 42.5 Å². The Morgan fingerprint density at radius 1 is 1.11 bits per heavy atom. The Labute approximate surface area is 110 Å². The normalized spacial score (nSPS) is 34.1. The quantitative estimate of drug-likeness (QED) is 0.442. The maximum Gasteiger partial charge on any atom is 0.318 e. The van der Waals surface area contributed by atoms with Crippen LogP contribution in [0.3, 0.4) is 0 Å². The van der Waals surface area contributed by atoms with Crippen molar-refractivity contribution in [3.05, 3.63) is 48.0 Å². The van der Waals surface area contributed by atoms with Crippen LogP contribution in [-0.4, -0.2) is 18.1 Å². The molecule has 1 aliphatic heterocycles. The van der Waals surface area contributed by atoms with E-state index in [1.165, 1.54) is 0 Å². The summed E-state index contributed by atoms with van der Waals surface area (Å²) in [6.45, 7) is 3.70. The van der Waals surface area contributed by atoms with Crippen molar-refractivity contribution in [2.24, 2.45) is 11.8 Å². The molecule has 1 saturated heterocycles. The van der Waals surface area contributed by atoms with E-state index >= 15 is 0 Å². The van der Waals surface area contributed by atoms with Gasteiger partial charge in [0.25, 0.3) is 0 Å². The van der Waals surface area contributed by atoms with E-state index < -0.39 is 35.9 Å². The van der Waals surface area contributed by atoms with Crippen molar-refractivity contribution in [1.29, 1.82) is 0 Å². The van der Waals surface area contributed by atoms with Gasteiger partial charge in [0.05, 0.1) is 11.8 Å². The number of benzene rings is 1. The number of carbonyl (C=O) groups is 2. The molecule has 98 valence electrons. The van der Waals surface area contributed by atoms with Crippen LogP contribution in [0.25, 0.3) is 0 Å². The van der Waals surface area contributed by atoms with Crippen LogP contribution in [0.4, 0.5) is 4.39 Å². The number of allylic oxidation sites excluding steroid dienone is 1. The Kier molecular flexibility index (Phi) is 2.73. The SMILES string of the molecule is C=C1CC2C(=O)OC(=O)C2C(c2ccccc2)C1F. The van der Waals surface area contributed by atoms with Gasteiger partial charge >= 0.3 is 11.9 Å². The number of halogens is 1. The van der Waals surface area contributed by atoms with Crippen molar-refractivity contribution in [2.45, 2.75) is 18.5 Å². The molecular weight excluding hydrogens is 247 g/mol. The number of rotatable bonds is 1. The highest BCUT2D eigenvalue weighted by molar-refractivity contribution is 5.97. The molecule has 0 amide bonds. The maximum atomic E-state index is 14.4. The minimum Gasteiger partial charge on any atom is -0.393 e. The van der Waals surface area contributed by atoms with E-state index in [1.807, 2.05) is 6.07 Å². The van der Waals surface area contributed by atoms with Crippen molar-refractivity contribution in [2.75, 3.05) is 0 Å². The molecular formula is C15H13FO3. The van der Waals surface area contributed by atoms with E-state index in [2.05, 4.69) is 11.3 Å². The fourth-order valence-corrected chi connectivity index (χ4v) is 3.04. The Balaban J connectivity index is 2.06. The number of hydrogen-bond acceptors (Lipinski definition) is 3. The second kappa shape index (κ2) is 4.30. The topological polar surface area (TPSA) is 43.4 Å². The zero-order valence-corrected chi connectivity index (χ0v) is 10.2. The standard InChI is InChI=1S/C15H13FO3/c1-8-7-10-12(15(18)19-14(10)17)11(13(8)16)9-5-3-2-4-6-9/h2-6,10-13H,1,7H2. The minimum atomic E-state index is -1.32. The number of ether oxygens (including phenoxy) is 1. The highest BCUT2D eigenvalue weighted by Gasteiger charge is 2.55. The minimum absolute atomic E-state index is 0.194. The Bertz CT molecular complexity index is 552. The molecule has 0 aromatic heterocycles. The Morgan fingerprint density at radius 3 is 2.47 bits per heavy atom. The summed E-state index contributed by atoms with van der Waals surface area (Å²) in [5.41, 5.74) is 1.07. The first-order valence-electron chi connectivity index (χ1n) is 6.22. The van der Waals surface area contributed by atoms with E-state index in [0.29, 0.717) is 11.1 Å². The highest BCUT2D eigenvalue weighted by atomic mass is 19.1. The first kappa shape index (κ1) is 12.1. The molecule has 2 fully saturated rings. The zero-order valence-electron chi connectivity index (χ0n) is 10.2. The molecule has 1 saturated carbocycles. The van der Waals surface area contributed by atoms with Gasteiger partial charge in [-0.15, -0.1) is 0 Å². The number of fused-ring (bicyclic) bond motifs is 1. The summed E-state index contributed by atoms with van der Waals surface area (Å²) >= 11 is 0. The maximum absolute atomic E-state index is 14.4. The fraction of sp³-hybridized carbons (Fsp3) is 0.333. The van der Waals surface area contributed by atoms with Gasteiger partial charge in [0.15, 0.2) is 0 Å². The molecule has 3 nitrogen and oxygen atoms in total. The third-order valence-corrected chi connectivity index (χ3v) is 3.97. The summed E-state index contributed by atoms with van der Waals surface area (Å²) in [5.74, 6) is -3.15. The number of carbonyl (C=O) groups excluding carboxylic acids is 2. The molecule has 1 aliphatic carbocycles. The van der Waals surface area contributed by atoms with Crippen LogP contribution in [0.1, 0.15) is 17.9 Å².